The van der Waals surface area contributed by atoms with Crippen molar-refractivity contribution in [3.63, 3.8) is 0 Å². The minimum Gasteiger partial charge on any atom is -0.481 e. The maximum atomic E-state index is 12.6. The van der Waals surface area contributed by atoms with Crippen LogP contribution in [0.25, 0.3) is 0 Å². The maximum absolute atomic E-state index is 12.6. The van der Waals surface area contributed by atoms with E-state index >= 15 is 0 Å². The molecule has 0 saturated heterocycles. The van der Waals surface area contributed by atoms with E-state index in [0.29, 0.717) is 18.8 Å². The average Bonchev–Trinajstić information content (AvgIpc) is 3.03. The number of rotatable bonds is 5. The summed E-state index contributed by atoms with van der Waals surface area (Å²) in [7, 11) is 0. The van der Waals surface area contributed by atoms with Crippen LogP contribution < -0.4 is 0 Å². The Kier molecular flexibility index (Phi) is 7.60. The van der Waals surface area contributed by atoms with Crippen molar-refractivity contribution in [2.45, 2.75) is 111 Å². The summed E-state index contributed by atoms with van der Waals surface area (Å²) in [6, 6.07) is 0. The number of allylic oxidation sites excluding steroid dienone is 2. The lowest BCUT2D eigenvalue weighted by atomic mass is 9.36. The van der Waals surface area contributed by atoms with Crippen molar-refractivity contribution in [1.82, 2.24) is 0 Å². The van der Waals surface area contributed by atoms with Crippen LogP contribution in [0.15, 0.2) is 11.6 Å². The van der Waals surface area contributed by atoms with Gasteiger partial charge < -0.3 is 15.3 Å². The van der Waals surface area contributed by atoms with Gasteiger partial charge in [-0.1, -0.05) is 51.1 Å². The summed E-state index contributed by atoms with van der Waals surface area (Å²) in [6.45, 7) is 14.9. The van der Waals surface area contributed by atoms with Gasteiger partial charge in [0, 0.05) is 12.2 Å². The van der Waals surface area contributed by atoms with E-state index in [4.69, 9.17) is 0 Å². The van der Waals surface area contributed by atoms with Gasteiger partial charge in [-0.05, 0) is 105 Å². The second-order valence-corrected chi connectivity index (χ2v) is 15.1. The zero-order valence-corrected chi connectivity index (χ0v) is 24.1. The molecular formula is C30H48O5S. The third kappa shape index (κ3) is 4.22. The number of aliphatic hydroxyl groups excluding tert-OH is 2. The fraction of sp³-hybridized carbons (Fsp3) is 0.867. The molecule has 0 aromatic rings. The average molecular weight is 521 g/mol. The molecule has 0 aromatic heterocycles. The molecule has 0 spiro atoms. The van der Waals surface area contributed by atoms with Crippen molar-refractivity contribution < 1.29 is 24.9 Å². The van der Waals surface area contributed by atoms with Gasteiger partial charge in [0.1, 0.15) is 0 Å². The molecule has 0 amide bonds. The van der Waals surface area contributed by atoms with Gasteiger partial charge in [0.15, 0.2) is 5.12 Å². The van der Waals surface area contributed by atoms with Crippen molar-refractivity contribution in [3.05, 3.63) is 11.6 Å². The highest BCUT2D eigenvalue weighted by Gasteiger charge is 2.71. The Bertz CT molecular complexity index is 913. The Morgan fingerprint density at radius 1 is 1.00 bits per heavy atom. The van der Waals surface area contributed by atoms with Crippen molar-refractivity contribution in [3.8, 4) is 0 Å². The van der Waals surface area contributed by atoms with E-state index < -0.39 is 18.0 Å². The van der Waals surface area contributed by atoms with Crippen molar-refractivity contribution in [2.24, 2.45) is 51.8 Å². The normalized spacial score (nSPS) is 48.8. The molecule has 6 heteroatoms. The molecule has 0 radical (unpaired) electrons. The van der Waals surface area contributed by atoms with Crippen LogP contribution in [0.1, 0.15) is 93.4 Å². The first-order valence-electron chi connectivity index (χ1n) is 14.1. The van der Waals surface area contributed by atoms with Crippen LogP contribution in [-0.2, 0) is 9.59 Å². The third-order valence-electron chi connectivity index (χ3n) is 11.8. The quantitative estimate of drug-likeness (QED) is 0.389. The van der Waals surface area contributed by atoms with Crippen LogP contribution in [0.2, 0.25) is 0 Å². The number of carboxylic acid groups (broad SMARTS) is 1. The fourth-order valence-corrected chi connectivity index (χ4v) is 11.5. The smallest absolute Gasteiger partial charge is 0.307 e. The summed E-state index contributed by atoms with van der Waals surface area (Å²) in [4.78, 5) is 25.0. The number of hydrogen-bond donors (Lipinski definition) is 3. The highest BCUT2D eigenvalue weighted by atomic mass is 32.2. The number of fused-ring (bicyclic) bond motifs is 5. The van der Waals surface area contributed by atoms with Gasteiger partial charge in [-0.2, -0.15) is 0 Å². The molecule has 0 aliphatic heterocycles. The molecule has 4 aliphatic carbocycles. The summed E-state index contributed by atoms with van der Waals surface area (Å²) < 4.78 is 0. The fourth-order valence-electron chi connectivity index (χ4n) is 10.1. The molecule has 12 atom stereocenters. The molecule has 4 saturated carbocycles. The van der Waals surface area contributed by atoms with Gasteiger partial charge in [-0.15, -0.1) is 0 Å². The summed E-state index contributed by atoms with van der Waals surface area (Å²) >= 11 is 1.34. The summed E-state index contributed by atoms with van der Waals surface area (Å²) in [5.74, 6) is -0.716. The second-order valence-electron chi connectivity index (χ2n) is 13.7. The van der Waals surface area contributed by atoms with Crippen molar-refractivity contribution in [2.75, 3.05) is 0 Å². The first-order chi connectivity index (χ1) is 16.7. The lowest BCUT2D eigenvalue weighted by molar-refractivity contribution is -0.240. The molecule has 0 heterocycles. The molecule has 0 aromatic carbocycles. The Balaban J connectivity index is 1.78. The Hall–Kier alpha value is -0.850. The number of hydrogen-bond acceptors (Lipinski definition) is 5. The first kappa shape index (κ1) is 28.2. The van der Waals surface area contributed by atoms with Gasteiger partial charge in [0.25, 0.3) is 0 Å². The van der Waals surface area contributed by atoms with Gasteiger partial charge in [-0.25, -0.2) is 0 Å². The van der Waals surface area contributed by atoms with E-state index in [1.165, 1.54) is 11.8 Å². The van der Waals surface area contributed by atoms with Crippen LogP contribution in [0.4, 0.5) is 0 Å². The van der Waals surface area contributed by atoms with Gasteiger partial charge in [-0.3, -0.25) is 9.59 Å². The minimum atomic E-state index is -0.788. The number of aliphatic hydroxyl groups is 2. The number of carbonyl (C=O) groups is 2. The molecule has 3 unspecified atom stereocenters. The first-order valence-corrected chi connectivity index (χ1v) is 14.9. The topological polar surface area (TPSA) is 94.8 Å². The maximum Gasteiger partial charge on any atom is 0.307 e. The highest BCUT2D eigenvalue weighted by molar-refractivity contribution is 8.14. The Morgan fingerprint density at radius 2 is 1.67 bits per heavy atom. The second kappa shape index (κ2) is 9.72. The molecule has 3 N–H and O–H groups in total. The standard InChI is InChI=1S/C30H48O5S/c1-16(2)8-9-19(27(34)35)25-21-14-23(33)26-28(5)12-11-22(32)17(3)20(28)10-13-29(26,6)30(21,7)15-24(25)36-18(4)31/h8,17,19-26,32-33H,9-15H2,1-7H3,(H,34,35)/t17-,19+,20?,21?,22+,23+,24-,25+,26?,28-,29-,30-/m0/s1. The van der Waals surface area contributed by atoms with Crippen LogP contribution in [0, 0.1) is 51.8 Å². The van der Waals surface area contributed by atoms with Crippen LogP contribution in [-0.4, -0.2) is 43.9 Å². The SMILES string of the molecule is CC(=O)S[C@H]1C[C@@]2(C)C(C[C@@H](O)C3[C@@]4(C)CC[C@@H](O)[C@@H](C)C4CC[C@@]32C)[C@H]1[C@@H](CC=C(C)C)C(=O)O. The number of thioether (sulfide) groups is 1. The molecule has 4 fully saturated rings. The van der Waals surface area contributed by atoms with Crippen molar-refractivity contribution in [1.29, 1.82) is 0 Å². The monoisotopic (exact) mass is 520 g/mol. The van der Waals surface area contributed by atoms with Crippen LogP contribution in [0.3, 0.4) is 0 Å². The summed E-state index contributed by atoms with van der Waals surface area (Å²) in [5.41, 5.74) is 0.759. The predicted octanol–water partition coefficient (Wildman–Crippen LogP) is 5.93. The van der Waals surface area contributed by atoms with E-state index in [9.17, 15) is 24.9 Å². The molecule has 204 valence electrons. The van der Waals surface area contributed by atoms with Gasteiger partial charge in [0.05, 0.1) is 18.1 Å². The number of carbonyl (C=O) groups excluding carboxylic acids is 1. The minimum absolute atomic E-state index is 0.0470. The summed E-state index contributed by atoms with van der Waals surface area (Å²) in [6.07, 6.45) is 6.88. The number of carboxylic acids is 1. The van der Waals surface area contributed by atoms with E-state index in [2.05, 4.69) is 27.7 Å². The van der Waals surface area contributed by atoms with E-state index in [-0.39, 0.29) is 56.4 Å². The lowest BCUT2D eigenvalue weighted by Crippen LogP contribution is -2.66. The van der Waals surface area contributed by atoms with Crippen molar-refractivity contribution >= 4 is 22.8 Å². The lowest BCUT2D eigenvalue weighted by Gasteiger charge is -2.69. The van der Waals surface area contributed by atoms with Crippen LogP contribution in [0.5, 0.6) is 0 Å². The predicted molar refractivity (Wildman–Crippen MR) is 144 cm³/mol. The van der Waals surface area contributed by atoms with E-state index in [0.717, 1.165) is 37.7 Å². The highest BCUT2D eigenvalue weighted by Crippen LogP contribution is 2.75. The van der Waals surface area contributed by atoms with Gasteiger partial charge in [0.2, 0.25) is 0 Å². The Morgan fingerprint density at radius 3 is 2.25 bits per heavy atom. The largest absolute Gasteiger partial charge is 0.481 e. The van der Waals surface area contributed by atoms with E-state index in [1.807, 2.05) is 19.9 Å². The van der Waals surface area contributed by atoms with Crippen LogP contribution >= 0.6 is 11.8 Å². The zero-order valence-electron chi connectivity index (χ0n) is 23.3. The van der Waals surface area contributed by atoms with Gasteiger partial charge >= 0.3 is 5.97 Å². The molecular weight excluding hydrogens is 472 g/mol. The molecule has 4 aliphatic rings. The number of aliphatic carboxylic acids is 1. The summed E-state index contributed by atoms with van der Waals surface area (Å²) in [5, 5.41) is 32.9. The van der Waals surface area contributed by atoms with E-state index in [1.54, 1.807) is 6.92 Å². The molecule has 0 bridgehead atoms. The third-order valence-corrected chi connectivity index (χ3v) is 13.0. The molecule has 5 nitrogen and oxygen atoms in total. The zero-order chi connectivity index (χ0) is 26.8. The Labute approximate surface area is 221 Å². The molecule has 4 rings (SSSR count). The molecule has 36 heavy (non-hydrogen) atoms.